The molecule has 0 radical (unpaired) electrons. The van der Waals surface area contributed by atoms with Crippen LogP contribution in [0.1, 0.15) is 17.5 Å². The van der Waals surface area contributed by atoms with Gasteiger partial charge in [-0.2, -0.15) is 0 Å². The fraction of sp³-hybridized carbons (Fsp3) is 0.231. The maximum atomic E-state index is 13.4. The van der Waals surface area contributed by atoms with E-state index in [0.717, 1.165) is 16.0 Å². The van der Waals surface area contributed by atoms with Crippen LogP contribution in [0.4, 0.5) is 0 Å². The molecule has 3 rings (SSSR count). The first-order valence-electron chi connectivity index (χ1n) is 10.6. The van der Waals surface area contributed by atoms with E-state index in [1.807, 2.05) is 66.7 Å². The monoisotopic (exact) mass is 500 g/mol. The van der Waals surface area contributed by atoms with Crippen molar-refractivity contribution in [1.29, 1.82) is 0 Å². The molecule has 0 saturated heterocycles. The summed E-state index contributed by atoms with van der Waals surface area (Å²) in [5.41, 5.74) is 1.80. The minimum Gasteiger partial charge on any atom is -0.357 e. The van der Waals surface area contributed by atoms with E-state index in [9.17, 15) is 9.59 Å². The van der Waals surface area contributed by atoms with E-state index in [4.69, 9.17) is 23.2 Å². The lowest BCUT2D eigenvalue weighted by molar-refractivity contribution is -0.140. The van der Waals surface area contributed by atoms with Gasteiger partial charge >= 0.3 is 0 Å². The second kappa shape index (κ2) is 12.7. The Hall–Kier alpha value is -2.47. The fourth-order valence-electron chi connectivity index (χ4n) is 3.47. The van der Waals surface area contributed by atoms with Gasteiger partial charge in [-0.25, -0.2) is 0 Å². The third-order valence-corrected chi connectivity index (χ3v) is 6.94. The molecule has 1 N–H and O–H groups in total. The number of rotatable bonds is 10. The van der Waals surface area contributed by atoms with Crippen LogP contribution in [0.15, 0.2) is 83.8 Å². The molecule has 0 aliphatic carbocycles. The van der Waals surface area contributed by atoms with E-state index < -0.39 is 6.04 Å². The van der Waals surface area contributed by atoms with Gasteiger partial charge in [-0.1, -0.05) is 77.8 Å². The maximum absolute atomic E-state index is 13.4. The molecule has 4 nitrogen and oxygen atoms in total. The van der Waals surface area contributed by atoms with Gasteiger partial charge in [-0.3, -0.25) is 9.59 Å². The lowest BCUT2D eigenvalue weighted by Crippen LogP contribution is -2.49. The van der Waals surface area contributed by atoms with Crippen molar-refractivity contribution in [1.82, 2.24) is 10.2 Å². The van der Waals surface area contributed by atoms with Gasteiger partial charge in [0.05, 0.1) is 10.0 Å². The van der Waals surface area contributed by atoms with E-state index in [2.05, 4.69) is 5.32 Å². The summed E-state index contributed by atoms with van der Waals surface area (Å²) < 4.78 is 0. The number of carbonyl (C=O) groups excluding carboxylic acids is 2. The molecule has 33 heavy (non-hydrogen) atoms. The number of thioether (sulfide) groups is 1. The molecule has 7 heteroatoms. The van der Waals surface area contributed by atoms with E-state index in [1.165, 1.54) is 0 Å². The van der Waals surface area contributed by atoms with Crippen molar-refractivity contribution >= 4 is 46.8 Å². The molecule has 0 heterocycles. The van der Waals surface area contributed by atoms with Gasteiger partial charge < -0.3 is 10.2 Å². The topological polar surface area (TPSA) is 49.4 Å². The normalized spacial score (nSPS) is 11.6. The van der Waals surface area contributed by atoms with Crippen molar-refractivity contribution in [2.24, 2.45) is 0 Å². The van der Waals surface area contributed by atoms with Crippen LogP contribution < -0.4 is 5.32 Å². The van der Waals surface area contributed by atoms with Crippen molar-refractivity contribution in [2.75, 3.05) is 12.8 Å². The average molecular weight is 501 g/mol. The molecule has 1 unspecified atom stereocenters. The first kappa shape index (κ1) is 25.2. The minimum absolute atomic E-state index is 0.0889. The molecular weight excluding hydrogens is 475 g/mol. The molecule has 172 valence electrons. The SMILES string of the molecule is CNC(=O)C(Cc1ccccc1)N(Cc1ccc(Cl)c(Cl)c1)C(=O)CCSc1ccccc1. The van der Waals surface area contributed by atoms with Gasteiger partial charge in [0.1, 0.15) is 6.04 Å². The van der Waals surface area contributed by atoms with Gasteiger partial charge in [0.15, 0.2) is 0 Å². The molecule has 0 aliphatic heterocycles. The Kier molecular flexibility index (Phi) is 9.67. The molecule has 0 aromatic heterocycles. The van der Waals surface area contributed by atoms with Gasteiger partial charge in [-0.15, -0.1) is 11.8 Å². The average Bonchev–Trinajstić information content (AvgIpc) is 2.84. The number of amides is 2. The summed E-state index contributed by atoms with van der Waals surface area (Å²) in [6.07, 6.45) is 0.725. The van der Waals surface area contributed by atoms with Crippen LogP contribution in [0.25, 0.3) is 0 Å². The number of hydrogen-bond acceptors (Lipinski definition) is 3. The molecule has 0 fully saturated rings. The summed E-state index contributed by atoms with van der Waals surface area (Å²) in [7, 11) is 1.59. The largest absolute Gasteiger partial charge is 0.357 e. The maximum Gasteiger partial charge on any atom is 0.242 e. The van der Waals surface area contributed by atoms with Crippen LogP contribution in [0.5, 0.6) is 0 Å². The molecule has 0 spiro atoms. The Bertz CT molecular complexity index is 1060. The zero-order chi connectivity index (χ0) is 23.6. The van der Waals surface area contributed by atoms with E-state index >= 15 is 0 Å². The predicted octanol–water partition coefficient (Wildman–Crippen LogP) is 5.86. The smallest absolute Gasteiger partial charge is 0.242 e. The number of hydrogen-bond donors (Lipinski definition) is 1. The van der Waals surface area contributed by atoms with Gasteiger partial charge in [-0.05, 0) is 35.4 Å². The summed E-state index contributed by atoms with van der Waals surface area (Å²) in [5.74, 6) is 0.323. The predicted molar refractivity (Wildman–Crippen MR) is 137 cm³/mol. The number of halogens is 2. The molecule has 3 aromatic rings. The second-order valence-corrected chi connectivity index (χ2v) is 9.48. The van der Waals surface area contributed by atoms with Crippen LogP contribution in [-0.4, -0.2) is 35.6 Å². The highest BCUT2D eigenvalue weighted by molar-refractivity contribution is 7.99. The minimum atomic E-state index is -0.652. The Morgan fingerprint density at radius 3 is 2.21 bits per heavy atom. The van der Waals surface area contributed by atoms with Gasteiger partial charge in [0.2, 0.25) is 11.8 Å². The molecule has 1 atom stereocenters. The van der Waals surface area contributed by atoms with Crippen molar-refractivity contribution in [3.05, 3.63) is 100 Å². The third-order valence-electron chi connectivity index (χ3n) is 5.18. The Labute approximate surface area is 209 Å². The molecule has 3 aromatic carbocycles. The number of nitrogens with one attached hydrogen (secondary N) is 1. The highest BCUT2D eigenvalue weighted by Crippen LogP contribution is 2.25. The van der Waals surface area contributed by atoms with Crippen molar-refractivity contribution in [3.8, 4) is 0 Å². The zero-order valence-electron chi connectivity index (χ0n) is 18.3. The number of nitrogens with zero attached hydrogens (tertiary/aromatic N) is 1. The van der Waals surface area contributed by atoms with Crippen LogP contribution in [0, 0.1) is 0 Å². The molecule has 0 bridgehead atoms. The zero-order valence-corrected chi connectivity index (χ0v) is 20.7. The first-order valence-corrected chi connectivity index (χ1v) is 12.4. The summed E-state index contributed by atoms with van der Waals surface area (Å²) in [6.45, 7) is 0.261. The van der Waals surface area contributed by atoms with Crippen molar-refractivity contribution in [3.63, 3.8) is 0 Å². The molecule has 0 saturated carbocycles. The molecule has 0 aliphatic rings. The van der Waals surface area contributed by atoms with Gasteiger partial charge in [0.25, 0.3) is 0 Å². The number of carbonyl (C=O) groups is 2. The Morgan fingerprint density at radius 2 is 1.58 bits per heavy atom. The van der Waals surface area contributed by atoms with Crippen molar-refractivity contribution < 1.29 is 9.59 Å². The van der Waals surface area contributed by atoms with E-state index in [-0.39, 0.29) is 18.4 Å². The lowest BCUT2D eigenvalue weighted by atomic mass is 10.0. The quantitative estimate of drug-likeness (QED) is 0.354. The summed E-state index contributed by atoms with van der Waals surface area (Å²) >= 11 is 13.9. The van der Waals surface area contributed by atoms with Gasteiger partial charge in [0, 0.05) is 37.1 Å². The molecular formula is C26H26Cl2N2O2S. The highest BCUT2D eigenvalue weighted by Gasteiger charge is 2.29. The number of likely N-dealkylation sites (N-methyl/N-ethyl adjacent to an activating group) is 1. The standard InChI is InChI=1S/C26H26Cl2N2O2S/c1-29-26(32)24(17-19-8-4-2-5-9-19)30(18-20-12-13-22(27)23(28)16-20)25(31)14-15-33-21-10-6-3-7-11-21/h2-13,16,24H,14-15,17-18H2,1H3,(H,29,32). The lowest BCUT2D eigenvalue weighted by Gasteiger charge is -2.31. The second-order valence-electron chi connectivity index (χ2n) is 7.50. The Morgan fingerprint density at radius 1 is 0.909 bits per heavy atom. The first-order chi connectivity index (χ1) is 16.0. The van der Waals surface area contributed by atoms with Crippen LogP contribution in [0.3, 0.4) is 0 Å². The highest BCUT2D eigenvalue weighted by atomic mass is 35.5. The summed E-state index contributed by atoms with van der Waals surface area (Å²) in [4.78, 5) is 29.1. The number of benzene rings is 3. The fourth-order valence-corrected chi connectivity index (χ4v) is 4.65. The summed E-state index contributed by atoms with van der Waals surface area (Å²) in [5, 5.41) is 3.59. The van der Waals surface area contributed by atoms with E-state index in [0.29, 0.717) is 28.6 Å². The molecule has 2 amide bonds. The Balaban J connectivity index is 1.83. The van der Waals surface area contributed by atoms with Crippen molar-refractivity contribution in [2.45, 2.75) is 30.3 Å². The van der Waals surface area contributed by atoms with Crippen LogP contribution >= 0.6 is 35.0 Å². The van der Waals surface area contributed by atoms with E-state index in [1.54, 1.807) is 35.8 Å². The van der Waals surface area contributed by atoms with Crippen LogP contribution in [0.2, 0.25) is 10.0 Å². The van der Waals surface area contributed by atoms with Crippen LogP contribution in [-0.2, 0) is 22.6 Å². The summed E-state index contributed by atoms with van der Waals surface area (Å²) in [6, 6.07) is 24.3. The third kappa shape index (κ3) is 7.53.